The summed E-state index contributed by atoms with van der Waals surface area (Å²) in [4.78, 5) is 25.3. The van der Waals surface area contributed by atoms with Crippen LogP contribution < -0.4 is 0 Å². The Morgan fingerprint density at radius 1 is 0.545 bits per heavy atom. The predicted octanol–water partition coefficient (Wildman–Crippen LogP) is 4.85. The van der Waals surface area contributed by atoms with Gasteiger partial charge in [0.1, 0.15) is 0 Å². The van der Waals surface area contributed by atoms with E-state index in [2.05, 4.69) is 0 Å². The second-order valence-electron chi connectivity index (χ2n) is 6.87. The summed E-state index contributed by atoms with van der Waals surface area (Å²) < 4.78 is 52.5. The molecule has 0 heterocycles. The molecular weight excluding hydrogens is 511 g/mol. The second-order valence-corrected chi connectivity index (χ2v) is 11.9. The summed E-state index contributed by atoms with van der Waals surface area (Å²) in [5.74, 6) is -2.04. The van der Waals surface area contributed by atoms with Crippen LogP contribution in [0.15, 0.2) is 82.6 Å². The van der Waals surface area contributed by atoms with Gasteiger partial charge in [-0.15, -0.1) is 0 Å². The number of halogens is 2. The molecule has 0 aliphatic heterocycles. The van der Waals surface area contributed by atoms with Gasteiger partial charge in [-0.1, -0.05) is 48.5 Å². The Morgan fingerprint density at radius 2 is 0.879 bits per heavy atom. The normalized spacial score (nSPS) is 12.1. The van der Waals surface area contributed by atoms with E-state index < -0.39 is 30.0 Å². The smallest absolute Gasteiger partial charge is 0.346 e. The van der Waals surface area contributed by atoms with E-state index in [1.807, 2.05) is 0 Å². The van der Waals surface area contributed by atoms with Gasteiger partial charge in [0.05, 0.1) is 20.9 Å². The molecule has 0 aliphatic carbocycles. The highest BCUT2D eigenvalue weighted by Crippen LogP contribution is 2.31. The topological polar surface area (TPSA) is 112 Å². The SMILES string of the molecule is O=C(OC(=O)c1ccc(S(=O)(=O)Cl)c2ccccc12)c1ccc(S(=O)(=O)Cl)c2ccccc12. The van der Waals surface area contributed by atoms with Crippen LogP contribution in [0.25, 0.3) is 21.5 Å². The maximum Gasteiger partial charge on any atom is 0.346 e. The highest BCUT2D eigenvalue weighted by molar-refractivity contribution is 8.14. The molecule has 0 N–H and O–H groups in total. The molecule has 33 heavy (non-hydrogen) atoms. The lowest BCUT2D eigenvalue weighted by molar-refractivity contribution is 0.0400. The van der Waals surface area contributed by atoms with Crippen LogP contribution in [-0.4, -0.2) is 28.8 Å². The van der Waals surface area contributed by atoms with Crippen molar-refractivity contribution >= 4 is 72.9 Å². The number of hydrogen-bond acceptors (Lipinski definition) is 7. The third kappa shape index (κ3) is 4.45. The molecule has 4 aromatic rings. The molecule has 0 atom stereocenters. The minimum Gasteiger partial charge on any atom is -0.386 e. The van der Waals surface area contributed by atoms with Gasteiger partial charge in [-0.2, -0.15) is 0 Å². The Bertz CT molecular complexity index is 1550. The molecule has 0 amide bonds. The number of ether oxygens (including phenoxy) is 1. The van der Waals surface area contributed by atoms with Gasteiger partial charge in [0.15, 0.2) is 0 Å². The first kappa shape index (κ1) is 23.2. The van der Waals surface area contributed by atoms with Gasteiger partial charge >= 0.3 is 11.9 Å². The van der Waals surface area contributed by atoms with Crippen molar-refractivity contribution in [1.82, 2.24) is 0 Å². The van der Waals surface area contributed by atoms with E-state index in [-0.39, 0.29) is 42.5 Å². The van der Waals surface area contributed by atoms with Gasteiger partial charge in [0, 0.05) is 32.1 Å². The average Bonchev–Trinajstić information content (AvgIpc) is 2.76. The minimum absolute atomic E-state index is 0.0488. The second kappa shape index (κ2) is 8.42. The van der Waals surface area contributed by atoms with Gasteiger partial charge in [0.2, 0.25) is 0 Å². The van der Waals surface area contributed by atoms with Crippen molar-refractivity contribution in [2.24, 2.45) is 0 Å². The molecule has 0 saturated heterocycles. The van der Waals surface area contributed by atoms with Crippen molar-refractivity contribution in [2.75, 3.05) is 0 Å². The summed E-state index contributed by atoms with van der Waals surface area (Å²) >= 11 is 0. The van der Waals surface area contributed by atoms with E-state index in [9.17, 15) is 26.4 Å². The number of fused-ring (bicyclic) bond motifs is 2. The van der Waals surface area contributed by atoms with E-state index in [0.717, 1.165) is 12.1 Å². The number of hydrogen-bond donors (Lipinski definition) is 0. The third-order valence-corrected chi connectivity index (χ3v) is 7.68. The average molecular weight is 523 g/mol. The predicted molar refractivity (Wildman–Crippen MR) is 124 cm³/mol. The molecule has 11 heteroatoms. The first-order chi connectivity index (χ1) is 15.5. The quantitative estimate of drug-likeness (QED) is 0.214. The lowest BCUT2D eigenvalue weighted by Gasteiger charge is -2.11. The number of carbonyl (C=O) groups is 2. The number of rotatable bonds is 4. The lowest BCUT2D eigenvalue weighted by atomic mass is 10.0. The van der Waals surface area contributed by atoms with E-state index in [4.69, 9.17) is 26.1 Å². The Morgan fingerprint density at radius 3 is 1.21 bits per heavy atom. The van der Waals surface area contributed by atoms with Crippen LogP contribution in [0.1, 0.15) is 20.7 Å². The molecular formula is C22H12Cl2O7S2. The highest BCUT2D eigenvalue weighted by atomic mass is 35.7. The molecule has 0 aliphatic rings. The highest BCUT2D eigenvalue weighted by Gasteiger charge is 2.24. The molecule has 0 spiro atoms. The Hall–Kier alpha value is -2.98. The summed E-state index contributed by atoms with van der Waals surface area (Å²) in [6.07, 6.45) is 0. The third-order valence-electron chi connectivity index (χ3n) is 4.92. The maximum atomic E-state index is 12.8. The van der Waals surface area contributed by atoms with Crippen LogP contribution in [0, 0.1) is 0 Å². The van der Waals surface area contributed by atoms with Gasteiger partial charge in [-0.3, -0.25) is 0 Å². The Balaban J connectivity index is 1.76. The maximum absolute atomic E-state index is 12.8. The van der Waals surface area contributed by atoms with E-state index >= 15 is 0 Å². The van der Waals surface area contributed by atoms with Crippen molar-refractivity contribution in [3.8, 4) is 0 Å². The largest absolute Gasteiger partial charge is 0.386 e. The molecule has 168 valence electrons. The van der Waals surface area contributed by atoms with E-state index in [1.165, 1.54) is 36.4 Å². The van der Waals surface area contributed by atoms with Crippen LogP contribution in [0.4, 0.5) is 0 Å². The minimum atomic E-state index is -4.09. The number of esters is 2. The molecule has 0 radical (unpaired) electrons. The van der Waals surface area contributed by atoms with Gasteiger partial charge in [-0.25, -0.2) is 26.4 Å². The Labute approximate surface area is 197 Å². The van der Waals surface area contributed by atoms with Crippen LogP contribution in [0.5, 0.6) is 0 Å². The molecule has 0 unspecified atom stereocenters. The summed E-state index contributed by atoms with van der Waals surface area (Å²) in [5, 5.41) is 0.837. The summed E-state index contributed by atoms with van der Waals surface area (Å²) in [6, 6.07) is 17.0. The number of carbonyl (C=O) groups excluding carboxylic acids is 2. The zero-order chi connectivity index (χ0) is 24.0. The van der Waals surface area contributed by atoms with Crippen LogP contribution in [-0.2, 0) is 22.8 Å². The van der Waals surface area contributed by atoms with E-state index in [1.54, 1.807) is 24.3 Å². The van der Waals surface area contributed by atoms with Crippen LogP contribution in [0.3, 0.4) is 0 Å². The monoisotopic (exact) mass is 522 g/mol. The number of benzene rings is 4. The van der Waals surface area contributed by atoms with Crippen molar-refractivity contribution < 1.29 is 31.2 Å². The van der Waals surface area contributed by atoms with Crippen LogP contribution in [0.2, 0.25) is 0 Å². The van der Waals surface area contributed by atoms with Gasteiger partial charge < -0.3 is 4.74 Å². The van der Waals surface area contributed by atoms with Crippen molar-refractivity contribution in [3.05, 3.63) is 83.9 Å². The molecule has 4 aromatic carbocycles. The van der Waals surface area contributed by atoms with E-state index in [0.29, 0.717) is 0 Å². The van der Waals surface area contributed by atoms with Crippen molar-refractivity contribution in [2.45, 2.75) is 9.79 Å². The van der Waals surface area contributed by atoms with Crippen molar-refractivity contribution in [1.29, 1.82) is 0 Å². The summed E-state index contributed by atoms with van der Waals surface area (Å²) in [6.45, 7) is 0. The summed E-state index contributed by atoms with van der Waals surface area (Å²) in [7, 11) is 2.80. The molecule has 0 saturated carbocycles. The zero-order valence-corrected chi connectivity index (χ0v) is 19.5. The molecule has 0 bridgehead atoms. The Kier molecular flexibility index (Phi) is 5.92. The standard InChI is InChI=1S/C22H12Cl2O7S2/c23-32(27,28)19-11-9-17(13-5-1-3-7-15(13)19)21(25)31-22(26)18-10-12-20(33(24,29)30)16-8-4-2-6-14(16)18/h1-12H. The molecule has 7 nitrogen and oxygen atoms in total. The fraction of sp³-hybridized carbons (Fsp3) is 0. The molecule has 4 rings (SSSR count). The van der Waals surface area contributed by atoms with Crippen molar-refractivity contribution in [3.63, 3.8) is 0 Å². The van der Waals surface area contributed by atoms with Gasteiger partial charge in [-0.05, 0) is 35.0 Å². The molecule has 0 fully saturated rings. The fourth-order valence-corrected chi connectivity index (χ4v) is 5.67. The summed E-state index contributed by atoms with van der Waals surface area (Å²) in [5.41, 5.74) is -0.0976. The van der Waals surface area contributed by atoms with Gasteiger partial charge in [0.25, 0.3) is 18.1 Å². The first-order valence-corrected chi connectivity index (χ1v) is 13.8. The fourth-order valence-electron chi connectivity index (χ4n) is 3.52. The lowest BCUT2D eigenvalue weighted by Crippen LogP contribution is -2.14. The molecule has 0 aromatic heterocycles. The van der Waals surface area contributed by atoms with Crippen LogP contribution >= 0.6 is 21.4 Å². The zero-order valence-electron chi connectivity index (χ0n) is 16.4. The first-order valence-electron chi connectivity index (χ1n) is 9.18.